The van der Waals surface area contributed by atoms with Crippen LogP contribution in [0.2, 0.25) is 10.0 Å². The molecule has 1 aliphatic rings. The highest BCUT2D eigenvalue weighted by Gasteiger charge is 2.46. The third-order valence-electron chi connectivity index (χ3n) is 3.05. The fourth-order valence-electron chi connectivity index (χ4n) is 1.89. The zero-order valence-corrected chi connectivity index (χ0v) is 12.7. The van der Waals surface area contributed by atoms with E-state index in [1.165, 1.54) is 0 Å². The highest BCUT2D eigenvalue weighted by molar-refractivity contribution is 7.89. The van der Waals surface area contributed by atoms with E-state index in [1.54, 1.807) is 0 Å². The van der Waals surface area contributed by atoms with Gasteiger partial charge in [-0.15, -0.1) is 0 Å². The lowest BCUT2D eigenvalue weighted by Gasteiger charge is -2.23. The molecule has 2 rings (SSSR count). The monoisotopic (exact) mass is 357 g/mol. The SMILES string of the molecule is O=C(O)C1(NS(=O)(=O)c2ccc(Cl)c(F)c2Cl)CCOC1. The average Bonchev–Trinajstić information content (AvgIpc) is 2.84. The Labute approximate surface area is 129 Å². The first kappa shape index (κ1) is 16.4. The van der Waals surface area contributed by atoms with Gasteiger partial charge in [0.1, 0.15) is 4.90 Å². The molecule has 0 aliphatic carbocycles. The first-order valence-electron chi connectivity index (χ1n) is 5.68. The second kappa shape index (κ2) is 5.69. The summed E-state index contributed by atoms with van der Waals surface area (Å²) in [5.41, 5.74) is -1.79. The molecule has 10 heteroatoms. The average molecular weight is 358 g/mol. The highest BCUT2D eigenvalue weighted by atomic mass is 35.5. The van der Waals surface area contributed by atoms with E-state index >= 15 is 0 Å². The molecule has 21 heavy (non-hydrogen) atoms. The van der Waals surface area contributed by atoms with E-state index < -0.39 is 37.3 Å². The first-order valence-corrected chi connectivity index (χ1v) is 7.92. The lowest BCUT2D eigenvalue weighted by Crippen LogP contribution is -2.55. The highest BCUT2D eigenvalue weighted by Crippen LogP contribution is 2.31. The van der Waals surface area contributed by atoms with Crippen molar-refractivity contribution in [3.8, 4) is 0 Å². The van der Waals surface area contributed by atoms with Crippen LogP contribution in [0.3, 0.4) is 0 Å². The van der Waals surface area contributed by atoms with Crippen molar-refractivity contribution in [2.75, 3.05) is 13.2 Å². The predicted octanol–water partition coefficient (Wildman–Crippen LogP) is 1.65. The summed E-state index contributed by atoms with van der Waals surface area (Å²) < 4.78 is 45.1. The lowest BCUT2D eigenvalue weighted by molar-refractivity contribution is -0.144. The molecule has 0 bridgehead atoms. The standard InChI is InChI=1S/C11H10Cl2FNO5S/c12-6-1-2-7(8(13)9(6)14)21(18,19)15-11(10(16)17)3-4-20-5-11/h1-2,15H,3-5H2,(H,16,17). The quantitative estimate of drug-likeness (QED) is 0.799. The zero-order valence-electron chi connectivity index (χ0n) is 10.4. The van der Waals surface area contributed by atoms with E-state index in [1.807, 2.05) is 4.72 Å². The van der Waals surface area contributed by atoms with Crippen LogP contribution in [0.15, 0.2) is 17.0 Å². The van der Waals surface area contributed by atoms with Crippen molar-refractivity contribution in [1.82, 2.24) is 4.72 Å². The number of nitrogens with one attached hydrogen (secondary N) is 1. The number of aliphatic carboxylic acids is 1. The fraction of sp³-hybridized carbons (Fsp3) is 0.364. The van der Waals surface area contributed by atoms with Crippen LogP contribution in [0.25, 0.3) is 0 Å². The summed E-state index contributed by atoms with van der Waals surface area (Å²) in [7, 11) is -4.36. The van der Waals surface area contributed by atoms with Crippen LogP contribution < -0.4 is 4.72 Å². The molecule has 0 radical (unpaired) electrons. The van der Waals surface area contributed by atoms with Crippen molar-refractivity contribution in [1.29, 1.82) is 0 Å². The number of ether oxygens (including phenoxy) is 1. The lowest BCUT2D eigenvalue weighted by atomic mass is 10.0. The van der Waals surface area contributed by atoms with Crippen molar-refractivity contribution >= 4 is 39.2 Å². The molecule has 2 N–H and O–H groups in total. The number of halogens is 3. The van der Waals surface area contributed by atoms with Gasteiger partial charge in [-0.1, -0.05) is 23.2 Å². The molecule has 0 spiro atoms. The number of benzene rings is 1. The summed E-state index contributed by atoms with van der Waals surface area (Å²) in [6.07, 6.45) is -0.0464. The van der Waals surface area contributed by atoms with E-state index in [0.29, 0.717) is 0 Å². The maximum Gasteiger partial charge on any atom is 0.327 e. The van der Waals surface area contributed by atoms with Gasteiger partial charge in [0.25, 0.3) is 0 Å². The second-order valence-corrected chi connectivity index (χ2v) is 6.90. The first-order chi connectivity index (χ1) is 9.69. The molecular weight excluding hydrogens is 348 g/mol. The minimum atomic E-state index is -4.36. The Kier molecular flexibility index (Phi) is 4.46. The molecule has 1 atom stereocenters. The number of hydrogen-bond donors (Lipinski definition) is 2. The summed E-state index contributed by atoms with van der Waals surface area (Å²) in [5.74, 6) is -2.47. The molecule has 1 saturated heterocycles. The van der Waals surface area contributed by atoms with Gasteiger partial charge in [-0.25, -0.2) is 12.8 Å². The minimum absolute atomic E-state index is 0.0464. The van der Waals surface area contributed by atoms with Crippen molar-refractivity contribution in [3.63, 3.8) is 0 Å². The molecule has 1 aromatic carbocycles. The van der Waals surface area contributed by atoms with Crippen LogP contribution in [0.4, 0.5) is 4.39 Å². The molecule has 1 aliphatic heterocycles. The summed E-state index contributed by atoms with van der Waals surface area (Å²) >= 11 is 11.1. The van der Waals surface area contributed by atoms with Crippen LogP contribution in [0.1, 0.15) is 6.42 Å². The van der Waals surface area contributed by atoms with Crippen molar-refractivity contribution in [2.45, 2.75) is 16.9 Å². The van der Waals surface area contributed by atoms with Gasteiger partial charge in [0, 0.05) is 13.0 Å². The smallest absolute Gasteiger partial charge is 0.327 e. The molecule has 1 unspecified atom stereocenters. The summed E-state index contributed by atoms with van der Waals surface area (Å²) in [4.78, 5) is 10.7. The zero-order chi connectivity index (χ0) is 15.8. The summed E-state index contributed by atoms with van der Waals surface area (Å²) in [5, 5.41) is 8.17. The topological polar surface area (TPSA) is 92.7 Å². The number of carboxylic acid groups (broad SMARTS) is 1. The van der Waals surface area contributed by atoms with Crippen LogP contribution in [-0.4, -0.2) is 38.2 Å². The van der Waals surface area contributed by atoms with E-state index in [0.717, 1.165) is 12.1 Å². The van der Waals surface area contributed by atoms with Crippen LogP contribution in [-0.2, 0) is 19.6 Å². The third kappa shape index (κ3) is 3.00. The molecule has 0 aromatic heterocycles. The Morgan fingerprint density at radius 2 is 2.10 bits per heavy atom. The van der Waals surface area contributed by atoms with E-state index in [9.17, 15) is 22.7 Å². The van der Waals surface area contributed by atoms with Crippen molar-refractivity contribution in [2.24, 2.45) is 0 Å². The number of sulfonamides is 1. The van der Waals surface area contributed by atoms with E-state index in [2.05, 4.69) is 0 Å². The fourth-order valence-corrected chi connectivity index (χ4v) is 4.01. The van der Waals surface area contributed by atoms with Gasteiger partial charge < -0.3 is 9.84 Å². The Bertz CT molecular complexity index is 688. The number of hydrogen-bond acceptors (Lipinski definition) is 4. The van der Waals surface area contributed by atoms with Crippen molar-refractivity contribution < 1.29 is 27.4 Å². The maximum atomic E-state index is 13.6. The van der Waals surface area contributed by atoms with E-state index in [-0.39, 0.29) is 24.7 Å². The van der Waals surface area contributed by atoms with Crippen LogP contribution in [0, 0.1) is 5.82 Å². The second-order valence-electron chi connectivity index (χ2n) is 4.47. The normalized spacial score (nSPS) is 22.4. The number of rotatable bonds is 4. The third-order valence-corrected chi connectivity index (χ3v) is 5.40. The van der Waals surface area contributed by atoms with Gasteiger partial charge >= 0.3 is 5.97 Å². The minimum Gasteiger partial charge on any atom is -0.480 e. The largest absolute Gasteiger partial charge is 0.480 e. The molecule has 6 nitrogen and oxygen atoms in total. The number of carboxylic acids is 1. The molecule has 1 aromatic rings. The van der Waals surface area contributed by atoms with Crippen LogP contribution in [0.5, 0.6) is 0 Å². The molecule has 1 heterocycles. The Morgan fingerprint density at radius 1 is 1.43 bits per heavy atom. The molecule has 1 fully saturated rings. The molecular formula is C11H10Cl2FNO5S. The van der Waals surface area contributed by atoms with Gasteiger partial charge in [-0.2, -0.15) is 4.72 Å². The Hall–Kier alpha value is -0.930. The van der Waals surface area contributed by atoms with Gasteiger partial charge in [0.05, 0.1) is 16.7 Å². The number of carbonyl (C=O) groups is 1. The molecule has 0 saturated carbocycles. The van der Waals surface area contributed by atoms with Crippen molar-refractivity contribution in [3.05, 3.63) is 28.0 Å². The Balaban J connectivity index is 2.44. The maximum absolute atomic E-state index is 13.6. The van der Waals surface area contributed by atoms with Crippen LogP contribution >= 0.6 is 23.2 Å². The van der Waals surface area contributed by atoms with E-state index in [4.69, 9.17) is 27.9 Å². The van der Waals surface area contributed by atoms with Gasteiger partial charge in [0.2, 0.25) is 10.0 Å². The summed E-state index contributed by atoms with van der Waals surface area (Å²) in [6.45, 7) is -0.229. The summed E-state index contributed by atoms with van der Waals surface area (Å²) in [6, 6.07) is 2.03. The van der Waals surface area contributed by atoms with Gasteiger partial charge in [-0.05, 0) is 12.1 Å². The predicted molar refractivity (Wildman–Crippen MR) is 72.5 cm³/mol. The Morgan fingerprint density at radius 3 is 2.62 bits per heavy atom. The molecule has 0 amide bonds. The van der Waals surface area contributed by atoms with Gasteiger partial charge in [-0.3, -0.25) is 4.79 Å². The molecule has 116 valence electrons. The van der Waals surface area contributed by atoms with Gasteiger partial charge in [0.15, 0.2) is 11.4 Å².